The molecule has 0 aromatic heterocycles. The van der Waals surface area contributed by atoms with Gasteiger partial charge in [-0.1, -0.05) is 25.1 Å². The van der Waals surface area contributed by atoms with E-state index in [0.717, 1.165) is 23.3 Å². The van der Waals surface area contributed by atoms with E-state index in [1.54, 1.807) is 12.1 Å². The quantitative estimate of drug-likeness (QED) is 0.799. The summed E-state index contributed by atoms with van der Waals surface area (Å²) in [6.45, 7) is 5.76. The molecule has 0 saturated carbocycles. The predicted molar refractivity (Wildman–Crippen MR) is 93.9 cm³/mol. The zero-order chi connectivity index (χ0) is 19.3. The highest BCUT2D eigenvalue weighted by Gasteiger charge is 2.30. The molecule has 0 bridgehead atoms. The molecule has 1 N–H and O–H groups in total. The number of benzene rings is 2. The van der Waals surface area contributed by atoms with Crippen LogP contribution in [-0.2, 0) is 17.5 Å². The number of carbonyl (C=O) groups is 1. The number of halogens is 3. The van der Waals surface area contributed by atoms with Crippen LogP contribution >= 0.6 is 0 Å². The third-order valence-corrected chi connectivity index (χ3v) is 4.14. The summed E-state index contributed by atoms with van der Waals surface area (Å²) >= 11 is 0. The van der Waals surface area contributed by atoms with Crippen molar-refractivity contribution in [2.45, 2.75) is 46.0 Å². The first-order valence-corrected chi connectivity index (χ1v) is 8.38. The first kappa shape index (κ1) is 19.8. The second-order valence-electron chi connectivity index (χ2n) is 6.18. The van der Waals surface area contributed by atoms with E-state index < -0.39 is 17.8 Å². The predicted octanol–water partition coefficient (Wildman–Crippen LogP) is 4.80. The second kappa shape index (κ2) is 8.25. The van der Waals surface area contributed by atoms with Crippen LogP contribution < -0.4 is 10.1 Å². The zero-order valence-corrected chi connectivity index (χ0v) is 15.0. The highest BCUT2D eigenvalue weighted by atomic mass is 19.4. The lowest BCUT2D eigenvalue weighted by atomic mass is 10.1. The number of amides is 1. The van der Waals surface area contributed by atoms with Crippen molar-refractivity contribution in [2.75, 3.05) is 0 Å². The lowest BCUT2D eigenvalue weighted by molar-refractivity contribution is -0.137. The van der Waals surface area contributed by atoms with Crippen molar-refractivity contribution in [2.24, 2.45) is 0 Å². The molecule has 140 valence electrons. The van der Waals surface area contributed by atoms with Crippen LogP contribution in [0.1, 0.15) is 35.6 Å². The fourth-order valence-electron chi connectivity index (χ4n) is 2.43. The van der Waals surface area contributed by atoms with Gasteiger partial charge in [-0.3, -0.25) is 4.79 Å². The van der Waals surface area contributed by atoms with Crippen LogP contribution in [-0.4, -0.2) is 12.0 Å². The minimum atomic E-state index is -4.40. The van der Waals surface area contributed by atoms with Gasteiger partial charge in [-0.2, -0.15) is 13.2 Å². The monoisotopic (exact) mass is 365 g/mol. The molecule has 0 saturated heterocycles. The molecule has 0 heterocycles. The highest BCUT2D eigenvalue weighted by Crippen LogP contribution is 2.29. The van der Waals surface area contributed by atoms with Crippen LogP contribution in [0, 0.1) is 13.8 Å². The van der Waals surface area contributed by atoms with E-state index in [1.165, 1.54) is 6.07 Å². The van der Waals surface area contributed by atoms with E-state index in [2.05, 4.69) is 5.32 Å². The SMILES string of the molecule is CCC(Oc1ccc(C)c(C)c1)C(=O)NCc1cccc(C(F)(F)F)c1. The molecule has 6 heteroatoms. The van der Waals surface area contributed by atoms with Gasteiger partial charge in [0.15, 0.2) is 6.10 Å². The Labute approximate surface area is 151 Å². The Balaban J connectivity index is 2.00. The average molecular weight is 365 g/mol. The van der Waals surface area contributed by atoms with Gasteiger partial charge in [0.05, 0.1) is 5.56 Å². The molecule has 0 fully saturated rings. The lowest BCUT2D eigenvalue weighted by Crippen LogP contribution is -2.37. The first-order chi connectivity index (χ1) is 12.2. The van der Waals surface area contributed by atoms with Crippen LogP contribution in [0.25, 0.3) is 0 Å². The highest BCUT2D eigenvalue weighted by molar-refractivity contribution is 5.81. The van der Waals surface area contributed by atoms with E-state index in [4.69, 9.17) is 4.74 Å². The zero-order valence-electron chi connectivity index (χ0n) is 15.0. The van der Waals surface area contributed by atoms with Crippen molar-refractivity contribution in [3.8, 4) is 5.75 Å². The Morgan fingerprint density at radius 2 is 1.85 bits per heavy atom. The topological polar surface area (TPSA) is 38.3 Å². The van der Waals surface area contributed by atoms with Crippen LogP contribution in [0.5, 0.6) is 5.75 Å². The molecular formula is C20H22F3NO2. The number of hydrogen-bond donors (Lipinski definition) is 1. The van der Waals surface area contributed by atoms with E-state index in [0.29, 0.717) is 17.7 Å². The van der Waals surface area contributed by atoms with Crippen LogP contribution in [0.4, 0.5) is 13.2 Å². The summed E-state index contributed by atoms with van der Waals surface area (Å²) in [5, 5.41) is 2.64. The minimum Gasteiger partial charge on any atom is -0.481 e. The largest absolute Gasteiger partial charge is 0.481 e. The lowest BCUT2D eigenvalue weighted by Gasteiger charge is -2.18. The fraction of sp³-hybridized carbons (Fsp3) is 0.350. The van der Waals surface area contributed by atoms with Crippen LogP contribution in [0.3, 0.4) is 0 Å². The smallest absolute Gasteiger partial charge is 0.416 e. The maximum atomic E-state index is 12.7. The molecule has 0 aliphatic carbocycles. The second-order valence-corrected chi connectivity index (χ2v) is 6.18. The molecule has 0 aliphatic rings. The minimum absolute atomic E-state index is 0.00946. The van der Waals surface area contributed by atoms with Crippen molar-refractivity contribution >= 4 is 5.91 Å². The summed E-state index contributed by atoms with van der Waals surface area (Å²) in [5.74, 6) is 0.234. The summed E-state index contributed by atoms with van der Waals surface area (Å²) < 4.78 is 44.0. The first-order valence-electron chi connectivity index (χ1n) is 8.38. The van der Waals surface area contributed by atoms with Crippen molar-refractivity contribution in [1.82, 2.24) is 5.32 Å². The molecular weight excluding hydrogens is 343 g/mol. The van der Waals surface area contributed by atoms with E-state index in [1.807, 2.05) is 32.9 Å². The van der Waals surface area contributed by atoms with E-state index >= 15 is 0 Å². The molecule has 0 spiro atoms. The molecule has 1 amide bonds. The Morgan fingerprint density at radius 1 is 1.12 bits per heavy atom. The van der Waals surface area contributed by atoms with Crippen LogP contribution in [0.15, 0.2) is 42.5 Å². The average Bonchev–Trinajstić information content (AvgIpc) is 2.60. The Bertz CT molecular complexity index is 772. The maximum absolute atomic E-state index is 12.7. The standard InChI is InChI=1S/C20H22F3NO2/c1-4-18(26-17-9-8-13(2)14(3)10-17)19(25)24-12-15-6-5-7-16(11-15)20(21,22)23/h5-11,18H,4,12H2,1-3H3,(H,24,25). The molecule has 2 aromatic carbocycles. The normalized spacial score (nSPS) is 12.5. The number of hydrogen-bond acceptors (Lipinski definition) is 2. The molecule has 2 rings (SSSR count). The number of nitrogens with one attached hydrogen (secondary N) is 1. The summed E-state index contributed by atoms with van der Waals surface area (Å²) in [4.78, 5) is 12.3. The van der Waals surface area contributed by atoms with Crippen molar-refractivity contribution in [1.29, 1.82) is 0 Å². The maximum Gasteiger partial charge on any atom is 0.416 e. The molecule has 0 radical (unpaired) electrons. The van der Waals surface area contributed by atoms with Gasteiger partial charge < -0.3 is 10.1 Å². The third kappa shape index (κ3) is 5.25. The summed E-state index contributed by atoms with van der Waals surface area (Å²) in [6.07, 6.45) is -4.66. The van der Waals surface area contributed by atoms with E-state index in [9.17, 15) is 18.0 Å². The molecule has 3 nitrogen and oxygen atoms in total. The molecule has 0 aliphatic heterocycles. The summed E-state index contributed by atoms with van der Waals surface area (Å²) in [7, 11) is 0. The third-order valence-electron chi connectivity index (χ3n) is 4.14. The van der Waals surface area contributed by atoms with Gasteiger partial charge >= 0.3 is 6.18 Å². The Morgan fingerprint density at radius 3 is 2.46 bits per heavy atom. The van der Waals surface area contributed by atoms with Gasteiger partial charge in [-0.15, -0.1) is 0 Å². The summed E-state index contributed by atoms with van der Waals surface area (Å²) in [5.41, 5.74) is 1.83. The van der Waals surface area contributed by atoms with E-state index in [-0.39, 0.29) is 12.5 Å². The molecule has 26 heavy (non-hydrogen) atoms. The van der Waals surface area contributed by atoms with Gasteiger partial charge in [-0.05, 0) is 61.2 Å². The number of carbonyl (C=O) groups excluding carboxylic acids is 1. The number of alkyl halides is 3. The van der Waals surface area contributed by atoms with Crippen LogP contribution in [0.2, 0.25) is 0 Å². The summed E-state index contributed by atoms with van der Waals surface area (Å²) in [6, 6.07) is 10.5. The number of rotatable bonds is 6. The Kier molecular flexibility index (Phi) is 6.29. The van der Waals surface area contributed by atoms with Gasteiger partial charge in [0.25, 0.3) is 5.91 Å². The molecule has 1 unspecified atom stereocenters. The van der Waals surface area contributed by atoms with Gasteiger partial charge in [0.2, 0.25) is 0 Å². The molecule has 2 aromatic rings. The van der Waals surface area contributed by atoms with Gasteiger partial charge in [0, 0.05) is 6.54 Å². The number of aryl methyl sites for hydroxylation is 2. The van der Waals surface area contributed by atoms with Gasteiger partial charge in [0.1, 0.15) is 5.75 Å². The van der Waals surface area contributed by atoms with Crippen molar-refractivity contribution < 1.29 is 22.7 Å². The molecule has 1 atom stereocenters. The number of ether oxygens (including phenoxy) is 1. The Hall–Kier alpha value is -2.50. The fourth-order valence-corrected chi connectivity index (χ4v) is 2.43. The van der Waals surface area contributed by atoms with Crippen molar-refractivity contribution in [3.05, 3.63) is 64.7 Å². The van der Waals surface area contributed by atoms with Crippen molar-refractivity contribution in [3.63, 3.8) is 0 Å². The van der Waals surface area contributed by atoms with Gasteiger partial charge in [-0.25, -0.2) is 0 Å².